The van der Waals surface area contributed by atoms with Gasteiger partial charge < -0.3 is 0 Å². The van der Waals surface area contributed by atoms with Crippen LogP contribution < -0.4 is 0 Å². The molecule has 0 amide bonds. The van der Waals surface area contributed by atoms with E-state index >= 15 is 0 Å². The molecule has 1 saturated heterocycles. The number of hydrogen-bond donors (Lipinski definition) is 0. The smallest absolute Gasteiger partial charge is 0.179 e. The van der Waals surface area contributed by atoms with Crippen molar-refractivity contribution in [2.75, 3.05) is 13.1 Å². The lowest BCUT2D eigenvalue weighted by Gasteiger charge is -2.26. The zero-order chi connectivity index (χ0) is 13.8. The molecule has 0 bridgehead atoms. The van der Waals surface area contributed by atoms with Crippen molar-refractivity contribution in [2.45, 2.75) is 39.7 Å². The van der Waals surface area contributed by atoms with Crippen LogP contribution in [0.5, 0.6) is 0 Å². The van der Waals surface area contributed by atoms with Crippen LogP contribution in [-0.4, -0.2) is 29.8 Å². The summed E-state index contributed by atoms with van der Waals surface area (Å²) in [6.07, 6.45) is 2.13. The van der Waals surface area contributed by atoms with Crippen LogP contribution in [0.2, 0.25) is 0 Å². The van der Waals surface area contributed by atoms with E-state index in [4.69, 9.17) is 0 Å². The number of Topliss-reactive ketones (excluding diaryl/α,β-unsaturated/α-hetero) is 1. The second-order valence-electron chi connectivity index (χ2n) is 5.94. The Balaban J connectivity index is 2.07. The quantitative estimate of drug-likeness (QED) is 0.753. The number of hydrogen-bond acceptors (Lipinski definition) is 2. The third kappa shape index (κ3) is 3.24. The number of rotatable bonds is 5. The molecule has 0 saturated carbocycles. The summed E-state index contributed by atoms with van der Waals surface area (Å²) in [6.45, 7) is 8.84. The van der Waals surface area contributed by atoms with Crippen LogP contribution in [0.4, 0.5) is 0 Å². The highest BCUT2D eigenvalue weighted by Crippen LogP contribution is 2.27. The van der Waals surface area contributed by atoms with Gasteiger partial charge in [-0.1, -0.05) is 51.1 Å². The highest BCUT2D eigenvalue weighted by molar-refractivity contribution is 6.00. The summed E-state index contributed by atoms with van der Waals surface area (Å²) < 4.78 is 0. The van der Waals surface area contributed by atoms with Gasteiger partial charge in [0, 0.05) is 12.1 Å². The van der Waals surface area contributed by atoms with Crippen LogP contribution in [0, 0.1) is 11.8 Å². The Morgan fingerprint density at radius 2 is 2.00 bits per heavy atom. The van der Waals surface area contributed by atoms with Crippen molar-refractivity contribution >= 4 is 5.78 Å². The largest absolute Gasteiger partial charge is 0.293 e. The van der Waals surface area contributed by atoms with Crippen molar-refractivity contribution in [3.8, 4) is 0 Å². The summed E-state index contributed by atoms with van der Waals surface area (Å²) in [6, 6.07) is 9.78. The third-order valence-electron chi connectivity index (χ3n) is 4.39. The van der Waals surface area contributed by atoms with Crippen LogP contribution in [0.15, 0.2) is 30.3 Å². The molecule has 0 aromatic heterocycles. The molecule has 2 nitrogen and oxygen atoms in total. The SMILES string of the molecule is CCC(C(=O)c1ccccc1)N1CCC(C(C)C)C1. The van der Waals surface area contributed by atoms with Gasteiger partial charge in [0.1, 0.15) is 0 Å². The first-order valence-electron chi connectivity index (χ1n) is 7.46. The summed E-state index contributed by atoms with van der Waals surface area (Å²) >= 11 is 0. The Morgan fingerprint density at radius 1 is 1.32 bits per heavy atom. The van der Waals surface area contributed by atoms with Gasteiger partial charge in [0.15, 0.2) is 5.78 Å². The summed E-state index contributed by atoms with van der Waals surface area (Å²) in [4.78, 5) is 15.0. The standard InChI is InChI=1S/C17H25NO/c1-4-16(17(19)14-8-6-5-7-9-14)18-11-10-15(12-18)13(2)3/h5-9,13,15-16H,4,10-12H2,1-3H3. The molecule has 1 aliphatic heterocycles. The van der Waals surface area contributed by atoms with Gasteiger partial charge in [0.2, 0.25) is 0 Å². The number of ketones is 1. The van der Waals surface area contributed by atoms with E-state index in [1.807, 2.05) is 30.3 Å². The molecule has 2 atom stereocenters. The fourth-order valence-corrected chi connectivity index (χ4v) is 3.05. The van der Waals surface area contributed by atoms with E-state index in [0.29, 0.717) is 5.92 Å². The van der Waals surface area contributed by atoms with Gasteiger partial charge in [-0.2, -0.15) is 0 Å². The van der Waals surface area contributed by atoms with Gasteiger partial charge in [-0.15, -0.1) is 0 Å². The van der Waals surface area contributed by atoms with Crippen molar-refractivity contribution in [2.24, 2.45) is 11.8 Å². The lowest BCUT2D eigenvalue weighted by Crippen LogP contribution is -2.39. The first kappa shape index (κ1) is 14.3. The molecule has 1 aliphatic rings. The van der Waals surface area contributed by atoms with Crippen molar-refractivity contribution in [1.82, 2.24) is 4.90 Å². The Labute approximate surface area is 116 Å². The molecule has 1 aromatic rings. The number of benzene rings is 1. The fourth-order valence-electron chi connectivity index (χ4n) is 3.05. The van der Waals surface area contributed by atoms with Crippen LogP contribution in [-0.2, 0) is 0 Å². The van der Waals surface area contributed by atoms with Crippen LogP contribution in [0.25, 0.3) is 0 Å². The predicted octanol–water partition coefficient (Wildman–Crippen LogP) is 3.63. The Kier molecular flexibility index (Phi) is 4.76. The van der Waals surface area contributed by atoms with Gasteiger partial charge in [0.25, 0.3) is 0 Å². The van der Waals surface area contributed by atoms with E-state index in [-0.39, 0.29) is 11.8 Å². The maximum Gasteiger partial charge on any atom is 0.179 e. The summed E-state index contributed by atoms with van der Waals surface area (Å²) in [5.74, 6) is 1.75. The molecule has 2 heteroatoms. The van der Waals surface area contributed by atoms with Gasteiger partial charge in [-0.25, -0.2) is 0 Å². The molecule has 2 rings (SSSR count). The van der Waals surface area contributed by atoms with Crippen molar-refractivity contribution in [1.29, 1.82) is 0 Å². The van der Waals surface area contributed by atoms with E-state index < -0.39 is 0 Å². The average Bonchev–Trinajstić information content (AvgIpc) is 2.90. The molecule has 19 heavy (non-hydrogen) atoms. The Morgan fingerprint density at radius 3 is 2.53 bits per heavy atom. The Bertz CT molecular complexity index is 413. The molecule has 1 heterocycles. The zero-order valence-electron chi connectivity index (χ0n) is 12.3. The summed E-state index contributed by atoms with van der Waals surface area (Å²) in [5, 5.41) is 0. The lowest BCUT2D eigenvalue weighted by molar-refractivity contribution is 0.0836. The summed E-state index contributed by atoms with van der Waals surface area (Å²) in [7, 11) is 0. The second kappa shape index (κ2) is 6.33. The number of likely N-dealkylation sites (tertiary alicyclic amines) is 1. The predicted molar refractivity (Wildman–Crippen MR) is 79.4 cm³/mol. The maximum absolute atomic E-state index is 12.6. The first-order chi connectivity index (χ1) is 9.13. The van der Waals surface area contributed by atoms with Crippen molar-refractivity contribution in [3.63, 3.8) is 0 Å². The van der Waals surface area contributed by atoms with Crippen LogP contribution in [0.3, 0.4) is 0 Å². The summed E-state index contributed by atoms with van der Waals surface area (Å²) in [5.41, 5.74) is 0.849. The van der Waals surface area contributed by atoms with E-state index in [0.717, 1.165) is 31.0 Å². The molecule has 2 unspecified atom stereocenters. The molecular formula is C17H25NO. The van der Waals surface area contributed by atoms with Gasteiger partial charge in [-0.05, 0) is 31.2 Å². The molecule has 0 N–H and O–H groups in total. The number of carbonyl (C=O) groups excluding carboxylic acids is 1. The topological polar surface area (TPSA) is 20.3 Å². The minimum Gasteiger partial charge on any atom is -0.293 e. The molecule has 1 fully saturated rings. The molecule has 0 radical (unpaired) electrons. The molecular weight excluding hydrogens is 234 g/mol. The molecule has 0 aliphatic carbocycles. The first-order valence-corrected chi connectivity index (χ1v) is 7.46. The minimum atomic E-state index is 0.0612. The molecule has 104 valence electrons. The third-order valence-corrected chi connectivity index (χ3v) is 4.39. The molecule has 1 aromatic carbocycles. The van der Waals surface area contributed by atoms with Gasteiger partial charge in [-0.3, -0.25) is 9.69 Å². The number of carbonyl (C=O) groups is 1. The Hall–Kier alpha value is -1.15. The van der Waals surface area contributed by atoms with Gasteiger partial charge in [0.05, 0.1) is 6.04 Å². The normalized spacial score (nSPS) is 21.8. The van der Waals surface area contributed by atoms with Crippen molar-refractivity contribution in [3.05, 3.63) is 35.9 Å². The maximum atomic E-state index is 12.6. The van der Waals surface area contributed by atoms with E-state index in [1.54, 1.807) is 0 Å². The lowest BCUT2D eigenvalue weighted by atomic mass is 9.95. The van der Waals surface area contributed by atoms with E-state index in [1.165, 1.54) is 6.42 Å². The number of nitrogens with zero attached hydrogens (tertiary/aromatic N) is 1. The average molecular weight is 259 g/mol. The van der Waals surface area contributed by atoms with E-state index in [9.17, 15) is 4.79 Å². The fraction of sp³-hybridized carbons (Fsp3) is 0.588. The van der Waals surface area contributed by atoms with Gasteiger partial charge >= 0.3 is 0 Å². The highest BCUT2D eigenvalue weighted by atomic mass is 16.1. The van der Waals surface area contributed by atoms with Crippen LogP contribution >= 0.6 is 0 Å². The van der Waals surface area contributed by atoms with E-state index in [2.05, 4.69) is 25.7 Å². The van der Waals surface area contributed by atoms with Crippen molar-refractivity contribution < 1.29 is 4.79 Å². The molecule has 0 spiro atoms. The minimum absolute atomic E-state index is 0.0612. The monoisotopic (exact) mass is 259 g/mol. The zero-order valence-corrected chi connectivity index (χ0v) is 12.3. The van der Waals surface area contributed by atoms with Crippen LogP contribution in [0.1, 0.15) is 44.0 Å². The highest BCUT2D eigenvalue weighted by Gasteiger charge is 2.32. The second-order valence-corrected chi connectivity index (χ2v) is 5.94.